The van der Waals surface area contributed by atoms with Crippen LogP contribution in [0.3, 0.4) is 0 Å². The van der Waals surface area contributed by atoms with Crippen LogP contribution in [-0.2, 0) is 9.59 Å². The lowest BCUT2D eigenvalue weighted by molar-refractivity contribution is -0.142. The van der Waals surface area contributed by atoms with Gasteiger partial charge in [-0.25, -0.2) is 4.79 Å². The van der Waals surface area contributed by atoms with Gasteiger partial charge in [-0.2, -0.15) is 0 Å². The molecule has 2 aromatic rings. The summed E-state index contributed by atoms with van der Waals surface area (Å²) in [5, 5.41) is 14.4. The summed E-state index contributed by atoms with van der Waals surface area (Å²) in [5.41, 5.74) is 0.891. The van der Waals surface area contributed by atoms with Crippen molar-refractivity contribution in [2.45, 2.75) is 19.9 Å². The number of carboxylic acid groups (broad SMARTS) is 1. The molecule has 2 rings (SSSR count). The molecular formula is C22H23BrN2O5. The first-order valence-corrected chi connectivity index (χ1v) is 9.97. The molecule has 0 aromatic heterocycles. The molecule has 0 aliphatic heterocycles. The Kier molecular flexibility index (Phi) is 8.17. The number of hydrogen-bond acceptors (Lipinski definition) is 4. The summed E-state index contributed by atoms with van der Waals surface area (Å²) in [6, 6.07) is 12.5. The van der Waals surface area contributed by atoms with Crippen molar-refractivity contribution in [3.8, 4) is 5.75 Å². The summed E-state index contributed by atoms with van der Waals surface area (Å²) in [4.78, 5) is 37.0. The summed E-state index contributed by atoms with van der Waals surface area (Å²) in [7, 11) is 1.54. The van der Waals surface area contributed by atoms with Crippen LogP contribution in [0, 0.1) is 5.92 Å². The Morgan fingerprint density at radius 2 is 1.70 bits per heavy atom. The molecule has 0 spiro atoms. The van der Waals surface area contributed by atoms with Crippen molar-refractivity contribution >= 4 is 39.8 Å². The smallest absolute Gasteiger partial charge is 0.326 e. The Hall–Kier alpha value is -3.13. The van der Waals surface area contributed by atoms with E-state index in [4.69, 9.17) is 4.74 Å². The summed E-state index contributed by atoms with van der Waals surface area (Å²) in [6.07, 6.45) is 1.47. The zero-order valence-corrected chi connectivity index (χ0v) is 18.4. The fraction of sp³-hybridized carbons (Fsp3) is 0.227. The van der Waals surface area contributed by atoms with E-state index >= 15 is 0 Å². The van der Waals surface area contributed by atoms with Crippen molar-refractivity contribution in [2.24, 2.45) is 5.92 Å². The summed E-state index contributed by atoms with van der Waals surface area (Å²) >= 11 is 3.31. The van der Waals surface area contributed by atoms with Crippen molar-refractivity contribution < 1.29 is 24.2 Å². The Bertz CT molecular complexity index is 954. The largest absolute Gasteiger partial charge is 0.497 e. The number of benzene rings is 2. The third-order valence-corrected chi connectivity index (χ3v) is 4.95. The first-order valence-electron chi connectivity index (χ1n) is 9.18. The molecule has 0 fully saturated rings. The summed E-state index contributed by atoms with van der Waals surface area (Å²) < 4.78 is 5.69. The van der Waals surface area contributed by atoms with Crippen molar-refractivity contribution in [3.63, 3.8) is 0 Å². The van der Waals surface area contributed by atoms with Gasteiger partial charge < -0.3 is 20.5 Å². The first-order chi connectivity index (χ1) is 14.2. The average molecular weight is 475 g/mol. The van der Waals surface area contributed by atoms with Gasteiger partial charge in [-0.3, -0.25) is 9.59 Å². The minimum absolute atomic E-state index is 0.0761. The zero-order valence-electron chi connectivity index (χ0n) is 16.8. The number of carboxylic acids is 1. The van der Waals surface area contributed by atoms with Crippen LogP contribution in [0.15, 0.2) is 58.7 Å². The van der Waals surface area contributed by atoms with Gasteiger partial charge in [-0.05, 0) is 57.8 Å². The molecule has 0 saturated carbocycles. The topological polar surface area (TPSA) is 105 Å². The highest BCUT2D eigenvalue weighted by Crippen LogP contribution is 2.17. The van der Waals surface area contributed by atoms with Crippen LogP contribution >= 0.6 is 15.9 Å². The van der Waals surface area contributed by atoms with E-state index in [0.29, 0.717) is 21.3 Å². The Labute approximate surface area is 183 Å². The molecule has 30 heavy (non-hydrogen) atoms. The van der Waals surface area contributed by atoms with E-state index in [0.717, 1.165) is 0 Å². The fourth-order valence-electron chi connectivity index (χ4n) is 2.59. The van der Waals surface area contributed by atoms with E-state index < -0.39 is 23.8 Å². The van der Waals surface area contributed by atoms with Crippen LogP contribution in [-0.4, -0.2) is 36.0 Å². The number of methoxy groups -OCH3 is 1. The number of carbonyl (C=O) groups excluding carboxylic acids is 2. The first kappa shape index (κ1) is 23.2. The average Bonchev–Trinajstić information content (AvgIpc) is 2.71. The van der Waals surface area contributed by atoms with Gasteiger partial charge in [0.15, 0.2) is 0 Å². The zero-order chi connectivity index (χ0) is 22.3. The van der Waals surface area contributed by atoms with E-state index in [2.05, 4.69) is 26.6 Å². The quantitative estimate of drug-likeness (QED) is 0.508. The maximum Gasteiger partial charge on any atom is 0.326 e. The highest BCUT2D eigenvalue weighted by molar-refractivity contribution is 9.10. The second kappa shape index (κ2) is 10.6. The molecule has 0 aliphatic rings. The number of halogens is 1. The van der Waals surface area contributed by atoms with Crippen LogP contribution in [0.4, 0.5) is 0 Å². The standard InChI is InChI=1S/C22H23BrN2O5/c1-13(2)19(22(28)29)25-21(27)18(12-14-8-10-15(30-3)11-9-14)24-20(26)16-6-4-5-7-17(16)23/h4-13,19H,1-3H3,(H,24,26)(H,25,27)(H,28,29)/b18-12-/t19-/m0/s1. The minimum atomic E-state index is -1.15. The van der Waals surface area contributed by atoms with Gasteiger partial charge in [-0.15, -0.1) is 0 Å². The number of ether oxygens (including phenoxy) is 1. The molecule has 158 valence electrons. The molecule has 0 saturated heterocycles. The lowest BCUT2D eigenvalue weighted by Gasteiger charge is -2.19. The number of hydrogen-bond donors (Lipinski definition) is 3. The Morgan fingerprint density at radius 1 is 1.07 bits per heavy atom. The third kappa shape index (κ3) is 6.18. The predicted octanol–water partition coefficient (Wildman–Crippen LogP) is 3.45. The van der Waals surface area contributed by atoms with Gasteiger partial charge in [0, 0.05) is 4.47 Å². The van der Waals surface area contributed by atoms with Crippen LogP contribution in [0.1, 0.15) is 29.8 Å². The van der Waals surface area contributed by atoms with Gasteiger partial charge in [-0.1, -0.05) is 38.1 Å². The van der Waals surface area contributed by atoms with Gasteiger partial charge in [0.2, 0.25) is 0 Å². The number of carbonyl (C=O) groups is 3. The van der Waals surface area contributed by atoms with Gasteiger partial charge in [0.05, 0.1) is 12.7 Å². The molecule has 3 N–H and O–H groups in total. The number of rotatable bonds is 8. The third-order valence-electron chi connectivity index (χ3n) is 4.26. The normalized spacial score (nSPS) is 12.2. The predicted molar refractivity (Wildman–Crippen MR) is 117 cm³/mol. The molecule has 7 nitrogen and oxygen atoms in total. The molecule has 2 amide bonds. The lowest BCUT2D eigenvalue weighted by atomic mass is 10.0. The molecule has 0 bridgehead atoms. The van der Waals surface area contributed by atoms with Gasteiger partial charge in [0.1, 0.15) is 17.5 Å². The van der Waals surface area contributed by atoms with Crippen molar-refractivity contribution in [1.82, 2.24) is 10.6 Å². The number of amides is 2. The number of nitrogens with one attached hydrogen (secondary N) is 2. The fourth-order valence-corrected chi connectivity index (χ4v) is 3.06. The molecule has 1 atom stereocenters. The maximum absolute atomic E-state index is 12.8. The van der Waals surface area contributed by atoms with E-state index in [-0.39, 0.29) is 11.6 Å². The summed E-state index contributed by atoms with van der Waals surface area (Å²) in [6.45, 7) is 3.37. The molecular weight excluding hydrogens is 452 g/mol. The second-order valence-corrected chi connectivity index (χ2v) is 7.65. The van der Waals surface area contributed by atoms with E-state index in [1.54, 1.807) is 69.5 Å². The lowest BCUT2D eigenvalue weighted by Crippen LogP contribution is -2.47. The molecule has 0 heterocycles. The van der Waals surface area contributed by atoms with Gasteiger partial charge >= 0.3 is 5.97 Å². The van der Waals surface area contributed by atoms with Crippen LogP contribution in [0.25, 0.3) is 6.08 Å². The summed E-state index contributed by atoms with van der Waals surface area (Å²) in [5.74, 6) is -2.06. The highest BCUT2D eigenvalue weighted by atomic mass is 79.9. The molecule has 8 heteroatoms. The molecule has 0 aliphatic carbocycles. The van der Waals surface area contributed by atoms with Crippen molar-refractivity contribution in [3.05, 3.63) is 69.8 Å². The van der Waals surface area contributed by atoms with Crippen molar-refractivity contribution in [1.29, 1.82) is 0 Å². The highest BCUT2D eigenvalue weighted by Gasteiger charge is 2.26. The minimum Gasteiger partial charge on any atom is -0.497 e. The van der Waals surface area contributed by atoms with Crippen LogP contribution in [0.5, 0.6) is 5.75 Å². The number of aliphatic carboxylic acids is 1. The maximum atomic E-state index is 12.8. The SMILES string of the molecule is COc1ccc(/C=C(\NC(=O)c2ccccc2Br)C(=O)N[C@H](C(=O)O)C(C)C)cc1. The molecule has 0 unspecified atom stereocenters. The Balaban J connectivity index is 2.37. The Morgan fingerprint density at radius 3 is 2.23 bits per heavy atom. The van der Waals surface area contributed by atoms with E-state index in [1.165, 1.54) is 6.08 Å². The molecule has 0 radical (unpaired) electrons. The van der Waals surface area contributed by atoms with E-state index in [9.17, 15) is 19.5 Å². The van der Waals surface area contributed by atoms with E-state index in [1.807, 2.05) is 0 Å². The monoisotopic (exact) mass is 474 g/mol. The van der Waals surface area contributed by atoms with Gasteiger partial charge in [0.25, 0.3) is 11.8 Å². The van der Waals surface area contributed by atoms with Crippen LogP contribution < -0.4 is 15.4 Å². The van der Waals surface area contributed by atoms with Crippen molar-refractivity contribution in [2.75, 3.05) is 7.11 Å². The molecule has 2 aromatic carbocycles. The van der Waals surface area contributed by atoms with Crippen LogP contribution in [0.2, 0.25) is 0 Å². The second-order valence-electron chi connectivity index (χ2n) is 6.80.